The summed E-state index contributed by atoms with van der Waals surface area (Å²) in [5.74, 6) is -0.180. The number of nitrogens with zero attached hydrogens (tertiary/aromatic N) is 1. The molecule has 1 aromatic heterocycles. The van der Waals surface area contributed by atoms with E-state index in [1.165, 1.54) is 7.05 Å². The monoisotopic (exact) mass is 564 g/mol. The van der Waals surface area contributed by atoms with Crippen LogP contribution in [0.5, 0.6) is 0 Å². The maximum atomic E-state index is 11.7. The van der Waals surface area contributed by atoms with E-state index in [1.807, 2.05) is 0 Å². The van der Waals surface area contributed by atoms with Gasteiger partial charge in [0.2, 0.25) is 20.5 Å². The first-order chi connectivity index (χ1) is 20.1. The fraction of sp³-hybridized carbons (Fsp3) is 0.556. The van der Waals surface area contributed by atoms with Crippen molar-refractivity contribution < 1.29 is 51.0 Å². The van der Waals surface area contributed by atoms with Gasteiger partial charge in [-0.05, 0) is 50.7 Å². The maximum absolute atomic E-state index is 11.7. The predicted octanol–water partition coefficient (Wildman–Crippen LogP) is 0.707. The number of aromatic amines is 1. The number of hydrogen-bond acceptors (Lipinski definition) is 9. The van der Waals surface area contributed by atoms with Gasteiger partial charge in [0, 0.05) is 49.6 Å². The topological polar surface area (TPSA) is 163 Å². The average molecular weight is 565 g/mol. The highest BCUT2D eigenvalue weighted by Crippen LogP contribution is 2.21. The van der Waals surface area contributed by atoms with E-state index < -0.39 is 57.2 Å². The van der Waals surface area contributed by atoms with Crippen molar-refractivity contribution in [2.24, 2.45) is 0 Å². The summed E-state index contributed by atoms with van der Waals surface area (Å²) in [5.41, 5.74) is 2.07. The summed E-state index contributed by atoms with van der Waals surface area (Å²) < 4.78 is 156. The molecule has 0 aliphatic rings. The molecule has 0 atom stereocenters. The standard InChI is InChI=1S/C14H21N3O2S.C2H6O3S.CH3ClO2S.CH4O/c1-15-20(18,19)10-11-4-5-14-13(8-11)12(9-16-14)6-7-17(2)3;1-5-6(2,3)4;1-5(2,3)4;1-2/h4-5,8-9,15-16H,6-7,10H2,1-3H3;1-2H3;1H3;2H,1H3/i2D3,3D3;1D3;;1D3,2D. The molecule has 0 aliphatic carbocycles. The van der Waals surface area contributed by atoms with E-state index in [-0.39, 0.29) is 18.7 Å². The van der Waals surface area contributed by atoms with E-state index >= 15 is 0 Å². The molecule has 0 fully saturated rings. The van der Waals surface area contributed by atoms with Gasteiger partial charge in [-0.25, -0.2) is 21.6 Å². The van der Waals surface area contributed by atoms with E-state index in [4.69, 9.17) is 17.9 Å². The first-order valence-corrected chi connectivity index (χ1v) is 14.5. The fourth-order valence-corrected chi connectivity index (χ4v) is 2.81. The van der Waals surface area contributed by atoms with Crippen LogP contribution in [0.3, 0.4) is 0 Å². The molecule has 0 bridgehead atoms. The van der Waals surface area contributed by atoms with Gasteiger partial charge >= 0.3 is 0 Å². The third-order valence-corrected chi connectivity index (χ3v) is 4.89. The van der Waals surface area contributed by atoms with Crippen molar-refractivity contribution in [3.05, 3.63) is 35.5 Å². The lowest BCUT2D eigenvalue weighted by molar-refractivity contribution is 0.399. The molecule has 0 aliphatic heterocycles. The highest BCUT2D eigenvalue weighted by molar-refractivity contribution is 8.13. The molecule has 3 N–H and O–H groups in total. The number of sulfonamides is 1. The molecule has 2 rings (SSSR count). The second-order valence-electron chi connectivity index (χ2n) is 6.03. The Bertz CT molecular complexity index is 1530. The molecular formula is C18H34ClN3O8S3. The number of nitrogens with one attached hydrogen (secondary N) is 2. The Morgan fingerprint density at radius 2 is 1.82 bits per heavy atom. The summed E-state index contributed by atoms with van der Waals surface area (Å²) >= 11 is 0. The van der Waals surface area contributed by atoms with E-state index in [2.05, 4.69) is 29.7 Å². The number of H-pyrrole nitrogens is 1. The van der Waals surface area contributed by atoms with Crippen molar-refractivity contribution in [2.75, 3.05) is 54.1 Å². The van der Waals surface area contributed by atoms with Crippen LogP contribution < -0.4 is 4.72 Å². The van der Waals surface area contributed by atoms with Gasteiger partial charge in [0.15, 0.2) is 0 Å². The van der Waals surface area contributed by atoms with Crippen LogP contribution in [-0.4, -0.2) is 95.8 Å². The minimum absolute atomic E-state index is 0.180. The molecule has 0 spiro atoms. The van der Waals surface area contributed by atoms with E-state index in [9.17, 15) is 25.3 Å². The maximum Gasteiger partial charge on any atom is 0.264 e. The smallest absolute Gasteiger partial charge is 0.264 e. The SMILES string of the molecule is CS(=O)(=O)Cl.[2H]C([2H])([2H])N(CCc1c[nH]c2ccc(CS(=O)(=O)NC)cc12)C([2H])([2H])[2H].[2H]C([2H])([2H])OS(C)(=O)=O.[2H]OC([2H])([2H])[2H]. The van der Waals surface area contributed by atoms with Crippen LogP contribution in [0.2, 0.25) is 0 Å². The highest BCUT2D eigenvalue weighted by Gasteiger charge is 2.11. The molecule has 0 saturated carbocycles. The van der Waals surface area contributed by atoms with Gasteiger partial charge in [0.05, 0.1) is 33.5 Å². The Morgan fingerprint density at radius 3 is 2.24 bits per heavy atom. The van der Waals surface area contributed by atoms with Gasteiger partial charge in [0.1, 0.15) is 0 Å². The zero-order valence-electron chi connectivity index (χ0n) is 30.7. The summed E-state index contributed by atoms with van der Waals surface area (Å²) in [6.45, 7) is -5.65. The Hall–Kier alpha value is -1.26. The number of aliphatic hydroxyl groups is 1. The molecule has 0 unspecified atom stereocenters. The quantitative estimate of drug-likeness (QED) is 0.324. The van der Waals surface area contributed by atoms with Gasteiger partial charge in [-0.3, -0.25) is 4.18 Å². The number of benzene rings is 1. The lowest BCUT2D eigenvalue weighted by Crippen LogP contribution is -2.20. The first-order valence-electron chi connectivity index (χ1n) is 14.7. The molecule has 11 nitrogen and oxygen atoms in total. The molecule has 1 aromatic carbocycles. The van der Waals surface area contributed by atoms with Gasteiger partial charge in [0.25, 0.3) is 10.1 Å². The molecular weight excluding hydrogens is 518 g/mol. The van der Waals surface area contributed by atoms with E-state index in [0.29, 0.717) is 16.7 Å². The molecule has 0 radical (unpaired) electrons. The number of fused-ring (bicyclic) bond motifs is 1. The van der Waals surface area contributed by atoms with Crippen LogP contribution in [0.4, 0.5) is 0 Å². The van der Waals surface area contributed by atoms with Gasteiger partial charge in [-0.15, -0.1) is 0 Å². The Kier molecular flexibility index (Phi) is 7.76. The molecule has 194 valence electrons. The zero-order chi connectivity index (χ0) is 37.2. The first kappa shape index (κ1) is 16.4. The highest BCUT2D eigenvalue weighted by atomic mass is 35.7. The van der Waals surface area contributed by atoms with Crippen LogP contribution >= 0.6 is 10.7 Å². The second kappa shape index (κ2) is 15.6. The largest absolute Gasteiger partial charge is 0.400 e. The van der Waals surface area contributed by atoms with Crippen LogP contribution in [0.25, 0.3) is 10.9 Å². The second-order valence-corrected chi connectivity index (χ2v) is 12.6. The van der Waals surface area contributed by atoms with Gasteiger partial charge in [-0.1, -0.05) is 6.07 Å². The number of hydrogen-bond donors (Lipinski definition) is 3. The zero-order valence-corrected chi connectivity index (χ0v) is 21.0. The molecule has 15 heteroatoms. The number of halogens is 1. The fourth-order valence-electron chi connectivity index (χ4n) is 2.05. The van der Waals surface area contributed by atoms with Gasteiger partial charge < -0.3 is 15.0 Å². The third kappa shape index (κ3) is 18.8. The minimum atomic E-state index is -3.84. The van der Waals surface area contributed by atoms with Crippen LogP contribution in [-0.2, 0) is 45.5 Å². The van der Waals surface area contributed by atoms with Crippen LogP contribution in [0.1, 0.15) is 27.6 Å². The molecule has 0 saturated heterocycles. The summed E-state index contributed by atoms with van der Waals surface area (Å²) in [4.78, 5) is 3.54. The van der Waals surface area contributed by atoms with E-state index in [1.54, 1.807) is 24.4 Å². The number of likely N-dealkylation sites (N-methyl/N-ethyl adjacent to an activating group) is 1. The number of aromatic nitrogens is 1. The van der Waals surface area contributed by atoms with Gasteiger partial charge in [-0.2, -0.15) is 8.42 Å². The van der Waals surface area contributed by atoms with Crippen molar-refractivity contribution in [2.45, 2.75) is 12.2 Å². The van der Waals surface area contributed by atoms with E-state index in [0.717, 1.165) is 22.7 Å². The van der Waals surface area contributed by atoms with Crippen LogP contribution in [0, 0.1) is 0 Å². The summed E-state index contributed by atoms with van der Waals surface area (Å²) in [6, 6.07) is 5.14. The lowest BCUT2D eigenvalue weighted by Gasteiger charge is -2.08. The average Bonchev–Trinajstić information content (AvgIpc) is 3.16. The van der Waals surface area contributed by atoms with Crippen molar-refractivity contribution in [1.29, 1.82) is 1.43 Å². The normalized spacial score (nSPS) is 18.9. The molecule has 33 heavy (non-hydrogen) atoms. The summed E-state index contributed by atoms with van der Waals surface area (Å²) in [5, 5.41) is 3.93. The molecule has 1 heterocycles. The third-order valence-electron chi connectivity index (χ3n) is 3.26. The summed E-state index contributed by atoms with van der Waals surface area (Å²) in [7, 11) is -10.0. The van der Waals surface area contributed by atoms with Crippen molar-refractivity contribution in [3.8, 4) is 0 Å². The van der Waals surface area contributed by atoms with Crippen molar-refractivity contribution in [1.82, 2.24) is 14.6 Å². The molecule has 0 amide bonds. The Labute approximate surface area is 220 Å². The minimum Gasteiger partial charge on any atom is -0.400 e. The summed E-state index contributed by atoms with van der Waals surface area (Å²) in [6.07, 6.45) is 3.48. The Balaban J connectivity index is 0. The van der Waals surface area contributed by atoms with Crippen molar-refractivity contribution in [3.63, 3.8) is 0 Å². The Morgan fingerprint density at radius 1 is 1.21 bits per heavy atom. The van der Waals surface area contributed by atoms with Crippen molar-refractivity contribution >= 4 is 50.8 Å². The number of rotatable bonds is 7. The predicted molar refractivity (Wildman–Crippen MR) is 133 cm³/mol. The molecule has 2 aromatic rings. The van der Waals surface area contributed by atoms with Crippen LogP contribution in [0.15, 0.2) is 24.4 Å². The lowest BCUT2D eigenvalue weighted by atomic mass is 10.1.